The Morgan fingerprint density at radius 3 is 2.68 bits per heavy atom. The number of nitrogens with zero attached hydrogens (tertiary/aromatic N) is 2. The van der Waals surface area contributed by atoms with Gasteiger partial charge in [0.25, 0.3) is 5.91 Å². The third-order valence-corrected chi connectivity index (χ3v) is 3.53. The lowest BCUT2D eigenvalue weighted by molar-refractivity contribution is -0.212. The molecule has 2 N–H and O–H groups in total. The van der Waals surface area contributed by atoms with E-state index < -0.39 is 18.1 Å². The van der Waals surface area contributed by atoms with Gasteiger partial charge in [0.05, 0.1) is 6.54 Å². The number of benzene rings is 1. The molecule has 1 aromatic carbocycles. The molecule has 7 nitrogen and oxygen atoms in total. The molecule has 1 aliphatic heterocycles. The van der Waals surface area contributed by atoms with Gasteiger partial charge < -0.3 is 14.7 Å². The van der Waals surface area contributed by atoms with Crippen molar-refractivity contribution in [3.05, 3.63) is 41.0 Å². The van der Waals surface area contributed by atoms with Gasteiger partial charge >= 0.3 is 0 Å². The van der Waals surface area contributed by atoms with E-state index in [2.05, 4.69) is 5.16 Å². The third-order valence-electron chi connectivity index (χ3n) is 3.28. The van der Waals surface area contributed by atoms with E-state index in [0.29, 0.717) is 10.8 Å². The maximum Gasteiger partial charge on any atom is 0.299 e. The molecule has 1 amide bonds. The smallest absolute Gasteiger partial charge is 0.299 e. The van der Waals surface area contributed by atoms with Gasteiger partial charge in [-0.1, -0.05) is 16.8 Å². The summed E-state index contributed by atoms with van der Waals surface area (Å²) in [5.74, 6) is -0.132. The highest BCUT2D eigenvalue weighted by Gasteiger charge is 2.32. The predicted molar refractivity (Wildman–Crippen MR) is 76.0 cm³/mol. The van der Waals surface area contributed by atoms with Crippen LogP contribution in [0.3, 0.4) is 0 Å². The Bertz CT molecular complexity index is 672. The highest BCUT2D eigenvalue weighted by molar-refractivity contribution is 6.30. The van der Waals surface area contributed by atoms with Gasteiger partial charge in [-0.15, -0.1) is 0 Å². The highest BCUT2D eigenvalue weighted by atomic mass is 35.5. The summed E-state index contributed by atoms with van der Waals surface area (Å²) in [4.78, 5) is 17.3. The molecule has 3 rings (SSSR count). The summed E-state index contributed by atoms with van der Waals surface area (Å²) in [5.41, 5.74) is 0.777. The largest absolute Gasteiger partial charge is 0.388 e. The third kappa shape index (κ3) is 2.97. The number of rotatable bonds is 2. The van der Waals surface area contributed by atoms with E-state index >= 15 is 0 Å². The van der Waals surface area contributed by atoms with Crippen molar-refractivity contribution >= 4 is 17.5 Å². The average Bonchev–Trinajstić information content (AvgIpc) is 3.00. The van der Waals surface area contributed by atoms with Crippen LogP contribution in [-0.4, -0.2) is 51.7 Å². The zero-order chi connectivity index (χ0) is 15.7. The van der Waals surface area contributed by atoms with Crippen LogP contribution < -0.4 is 0 Å². The lowest BCUT2D eigenvalue weighted by Crippen LogP contribution is -2.50. The molecule has 0 radical (unpaired) electrons. The number of carbonyl (C=O) groups is 1. The number of carbonyl (C=O) groups excluding carboxylic acids is 1. The van der Waals surface area contributed by atoms with Gasteiger partial charge in [0.15, 0.2) is 11.5 Å². The van der Waals surface area contributed by atoms with Gasteiger partial charge in [-0.05, 0) is 24.3 Å². The molecule has 116 valence electrons. The van der Waals surface area contributed by atoms with Crippen LogP contribution in [0.25, 0.3) is 11.3 Å². The summed E-state index contributed by atoms with van der Waals surface area (Å²) in [6.07, 6.45) is -2.06. The van der Waals surface area contributed by atoms with Gasteiger partial charge in [-0.2, -0.15) is 0 Å². The van der Waals surface area contributed by atoms with Gasteiger partial charge in [0.2, 0.25) is 0 Å². The van der Waals surface area contributed by atoms with E-state index in [1.165, 1.54) is 6.07 Å². The summed E-state index contributed by atoms with van der Waals surface area (Å²) in [7, 11) is 0. The molecule has 0 saturated carbocycles. The summed E-state index contributed by atoms with van der Waals surface area (Å²) in [6, 6.07) is 8.37. The normalized spacial score (nSPS) is 21.9. The molecule has 1 aliphatic rings. The van der Waals surface area contributed by atoms with Crippen molar-refractivity contribution in [2.45, 2.75) is 12.2 Å². The fourth-order valence-electron chi connectivity index (χ4n) is 2.02. The fraction of sp³-hybridized carbons (Fsp3) is 0.286. The van der Waals surface area contributed by atoms with E-state index in [9.17, 15) is 15.0 Å². The molecule has 2 atom stereocenters. The Morgan fingerprint density at radius 2 is 2.00 bits per heavy atom. The minimum Gasteiger partial charge on any atom is -0.388 e. The standard InChI is InChI=1S/C14H13ClN2O5/c15-9-3-1-8(2-4-9)13-5-10(16-22-13)14(20)17-6-11(18)12(19)7-21-17/h1-5,11-12,18-19H,6-7H2/t11-,12+/m0/s1. The summed E-state index contributed by atoms with van der Waals surface area (Å²) in [5, 5.41) is 24.2. The Hall–Kier alpha value is -1.93. The molecular weight excluding hydrogens is 312 g/mol. The topological polar surface area (TPSA) is 96.0 Å². The molecule has 2 heterocycles. The zero-order valence-corrected chi connectivity index (χ0v) is 12.1. The van der Waals surface area contributed by atoms with Gasteiger partial charge in [-0.25, -0.2) is 5.06 Å². The van der Waals surface area contributed by atoms with Crippen molar-refractivity contribution in [1.29, 1.82) is 0 Å². The number of hydrogen-bond donors (Lipinski definition) is 2. The zero-order valence-electron chi connectivity index (χ0n) is 11.3. The number of aromatic nitrogens is 1. The Morgan fingerprint density at radius 1 is 1.27 bits per heavy atom. The van der Waals surface area contributed by atoms with Crippen molar-refractivity contribution in [2.24, 2.45) is 0 Å². The molecule has 1 saturated heterocycles. The first kappa shape index (κ1) is 15.0. The van der Waals surface area contributed by atoms with E-state index in [4.69, 9.17) is 21.0 Å². The second-order valence-electron chi connectivity index (χ2n) is 4.88. The lowest BCUT2D eigenvalue weighted by atomic mass is 10.1. The quantitative estimate of drug-likeness (QED) is 0.859. The molecule has 0 unspecified atom stereocenters. The molecular formula is C14H13ClN2O5. The van der Waals surface area contributed by atoms with Crippen LogP contribution in [0.2, 0.25) is 5.02 Å². The van der Waals surface area contributed by atoms with Crippen LogP contribution in [0.15, 0.2) is 34.9 Å². The molecule has 1 aromatic heterocycles. The van der Waals surface area contributed by atoms with E-state index in [-0.39, 0.29) is 18.8 Å². The summed E-state index contributed by atoms with van der Waals surface area (Å²) < 4.78 is 5.14. The van der Waals surface area contributed by atoms with Crippen LogP contribution in [0.1, 0.15) is 10.5 Å². The Labute approximate surface area is 130 Å². The van der Waals surface area contributed by atoms with E-state index in [0.717, 1.165) is 10.6 Å². The van der Waals surface area contributed by atoms with Crippen molar-refractivity contribution < 1.29 is 24.4 Å². The molecule has 0 bridgehead atoms. The number of amides is 1. The van der Waals surface area contributed by atoms with Gasteiger partial charge in [-0.3, -0.25) is 9.63 Å². The highest BCUT2D eigenvalue weighted by Crippen LogP contribution is 2.23. The van der Waals surface area contributed by atoms with Crippen LogP contribution >= 0.6 is 11.6 Å². The van der Waals surface area contributed by atoms with E-state index in [1.54, 1.807) is 24.3 Å². The van der Waals surface area contributed by atoms with E-state index in [1.807, 2.05) is 0 Å². The van der Waals surface area contributed by atoms with Gasteiger partial charge in [0.1, 0.15) is 18.8 Å². The minimum absolute atomic E-state index is 0.0496. The monoisotopic (exact) mass is 324 g/mol. The lowest BCUT2D eigenvalue weighted by Gasteiger charge is -2.31. The number of β-amino-alcohol motifs (C(OH)–C–C–N with tert-alkyl or cyclic N) is 1. The van der Waals surface area contributed by atoms with Crippen molar-refractivity contribution in [2.75, 3.05) is 13.2 Å². The molecule has 2 aromatic rings. The second-order valence-corrected chi connectivity index (χ2v) is 5.32. The number of halogens is 1. The number of hydrogen-bond acceptors (Lipinski definition) is 6. The van der Waals surface area contributed by atoms with Crippen LogP contribution in [0, 0.1) is 0 Å². The molecule has 1 fully saturated rings. The number of aliphatic hydroxyl groups excluding tert-OH is 2. The second kappa shape index (κ2) is 6.05. The molecule has 0 aliphatic carbocycles. The first-order valence-corrected chi connectivity index (χ1v) is 6.96. The summed E-state index contributed by atoms with van der Waals surface area (Å²) in [6.45, 7) is -0.294. The number of aliphatic hydroxyl groups is 2. The Kier molecular flexibility index (Phi) is 4.12. The molecule has 22 heavy (non-hydrogen) atoms. The Balaban J connectivity index is 1.76. The SMILES string of the molecule is O=C(c1cc(-c2ccc(Cl)cc2)on1)N1C[C@H](O)[C@H](O)CO1. The first-order chi connectivity index (χ1) is 10.5. The van der Waals surface area contributed by atoms with Crippen molar-refractivity contribution in [1.82, 2.24) is 10.2 Å². The molecule has 0 spiro atoms. The minimum atomic E-state index is -1.06. The van der Waals surface area contributed by atoms with Crippen LogP contribution in [0.5, 0.6) is 0 Å². The molecule has 8 heteroatoms. The van der Waals surface area contributed by atoms with Crippen molar-refractivity contribution in [3.63, 3.8) is 0 Å². The predicted octanol–water partition coefficient (Wildman–Crippen LogP) is 1.10. The number of hydroxylamine groups is 2. The van der Waals surface area contributed by atoms with Crippen LogP contribution in [-0.2, 0) is 4.84 Å². The average molecular weight is 325 g/mol. The van der Waals surface area contributed by atoms with Gasteiger partial charge in [0, 0.05) is 16.7 Å². The first-order valence-electron chi connectivity index (χ1n) is 6.58. The maximum absolute atomic E-state index is 12.2. The van der Waals surface area contributed by atoms with Crippen molar-refractivity contribution in [3.8, 4) is 11.3 Å². The fourth-order valence-corrected chi connectivity index (χ4v) is 2.14. The maximum atomic E-state index is 12.2. The summed E-state index contributed by atoms with van der Waals surface area (Å²) >= 11 is 5.81. The van der Waals surface area contributed by atoms with Crippen LogP contribution in [0.4, 0.5) is 0 Å².